The standard InChI is InChI=1S/C21H30N6OS/c1-3-16-10-6-7-11-17(16)23-21-25-18(24-20(22)26-21)14-29-15(2)19(28)27-12-8-4-5-9-13-27/h6-7,10-11,15H,3-5,8-9,12-14H2,1-2H3,(H3,22,23,24,25,26). The number of nitrogen functional groups attached to an aromatic ring is 1. The summed E-state index contributed by atoms with van der Waals surface area (Å²) in [6, 6.07) is 8.05. The van der Waals surface area contributed by atoms with E-state index in [0.29, 0.717) is 17.5 Å². The van der Waals surface area contributed by atoms with Crippen molar-refractivity contribution in [1.82, 2.24) is 19.9 Å². The minimum absolute atomic E-state index is 0.136. The van der Waals surface area contributed by atoms with Crippen LogP contribution in [-0.4, -0.2) is 44.1 Å². The Morgan fingerprint density at radius 3 is 2.62 bits per heavy atom. The molecule has 0 spiro atoms. The Balaban J connectivity index is 1.63. The van der Waals surface area contributed by atoms with Crippen molar-refractivity contribution in [3.05, 3.63) is 35.7 Å². The first-order valence-electron chi connectivity index (χ1n) is 10.3. The van der Waals surface area contributed by atoms with E-state index in [9.17, 15) is 4.79 Å². The predicted octanol–water partition coefficient (Wildman–Crippen LogP) is 3.78. The number of carbonyl (C=O) groups is 1. The fourth-order valence-electron chi connectivity index (χ4n) is 3.45. The zero-order valence-corrected chi connectivity index (χ0v) is 18.0. The van der Waals surface area contributed by atoms with Crippen molar-refractivity contribution >= 4 is 35.3 Å². The zero-order valence-electron chi connectivity index (χ0n) is 17.2. The highest BCUT2D eigenvalue weighted by molar-refractivity contribution is 7.99. The number of carbonyl (C=O) groups excluding carboxylic acids is 1. The molecule has 156 valence electrons. The highest BCUT2D eigenvalue weighted by Gasteiger charge is 2.22. The maximum absolute atomic E-state index is 12.7. The van der Waals surface area contributed by atoms with E-state index in [1.54, 1.807) is 11.8 Å². The van der Waals surface area contributed by atoms with Crippen LogP contribution in [0.15, 0.2) is 24.3 Å². The van der Waals surface area contributed by atoms with Crippen LogP contribution in [0, 0.1) is 0 Å². The molecule has 1 aliphatic rings. The highest BCUT2D eigenvalue weighted by Crippen LogP contribution is 2.22. The number of nitrogens with two attached hydrogens (primary N) is 1. The second-order valence-electron chi connectivity index (χ2n) is 7.26. The SMILES string of the molecule is CCc1ccccc1Nc1nc(N)nc(CSC(C)C(=O)N2CCCCCC2)n1. The molecule has 1 saturated heterocycles. The molecule has 2 heterocycles. The molecule has 2 aromatic rings. The maximum atomic E-state index is 12.7. The summed E-state index contributed by atoms with van der Waals surface area (Å²) < 4.78 is 0. The molecule has 1 unspecified atom stereocenters. The monoisotopic (exact) mass is 414 g/mol. The first kappa shape index (κ1) is 21.4. The van der Waals surface area contributed by atoms with Gasteiger partial charge in [-0.25, -0.2) is 0 Å². The second kappa shape index (κ2) is 10.4. The number of amides is 1. The van der Waals surface area contributed by atoms with E-state index in [-0.39, 0.29) is 17.1 Å². The number of likely N-dealkylation sites (tertiary alicyclic amines) is 1. The van der Waals surface area contributed by atoms with E-state index in [1.807, 2.05) is 30.0 Å². The third kappa shape index (κ3) is 6.06. The van der Waals surface area contributed by atoms with Crippen molar-refractivity contribution in [2.24, 2.45) is 0 Å². The summed E-state index contributed by atoms with van der Waals surface area (Å²) in [6.07, 6.45) is 5.53. The molecular weight excluding hydrogens is 384 g/mol. The van der Waals surface area contributed by atoms with E-state index in [1.165, 1.54) is 18.4 Å². The van der Waals surface area contributed by atoms with Crippen LogP contribution in [-0.2, 0) is 17.0 Å². The van der Waals surface area contributed by atoms with Crippen molar-refractivity contribution in [1.29, 1.82) is 0 Å². The first-order chi connectivity index (χ1) is 14.1. The lowest BCUT2D eigenvalue weighted by Gasteiger charge is -2.23. The van der Waals surface area contributed by atoms with E-state index in [4.69, 9.17) is 5.73 Å². The van der Waals surface area contributed by atoms with Gasteiger partial charge in [0.2, 0.25) is 17.8 Å². The minimum Gasteiger partial charge on any atom is -0.368 e. The molecule has 0 aliphatic carbocycles. The molecule has 1 amide bonds. The number of rotatable bonds is 7. The molecular formula is C21H30N6OS. The molecule has 0 radical (unpaired) electrons. The molecule has 8 heteroatoms. The van der Waals surface area contributed by atoms with Gasteiger partial charge in [0.25, 0.3) is 0 Å². The Hall–Kier alpha value is -2.35. The van der Waals surface area contributed by atoms with Crippen LogP contribution in [0.4, 0.5) is 17.6 Å². The Morgan fingerprint density at radius 2 is 1.90 bits per heavy atom. The molecule has 3 rings (SSSR count). The fraction of sp³-hybridized carbons (Fsp3) is 0.524. The fourth-order valence-corrected chi connectivity index (χ4v) is 4.27. The zero-order chi connectivity index (χ0) is 20.6. The van der Waals surface area contributed by atoms with E-state index >= 15 is 0 Å². The van der Waals surface area contributed by atoms with Gasteiger partial charge in [-0.3, -0.25) is 4.79 Å². The number of para-hydroxylation sites is 1. The Bertz CT molecular complexity index is 823. The molecule has 1 aromatic carbocycles. The number of nitrogens with one attached hydrogen (secondary N) is 1. The van der Waals surface area contributed by atoms with Crippen molar-refractivity contribution in [2.45, 2.75) is 57.0 Å². The molecule has 1 fully saturated rings. The lowest BCUT2D eigenvalue weighted by atomic mass is 10.1. The smallest absolute Gasteiger partial charge is 0.235 e. The van der Waals surface area contributed by atoms with Crippen LogP contribution in [0.5, 0.6) is 0 Å². The average molecular weight is 415 g/mol. The molecule has 1 aromatic heterocycles. The van der Waals surface area contributed by atoms with Crippen molar-refractivity contribution < 1.29 is 4.79 Å². The number of anilines is 3. The van der Waals surface area contributed by atoms with Gasteiger partial charge in [0.1, 0.15) is 5.82 Å². The molecule has 29 heavy (non-hydrogen) atoms. The predicted molar refractivity (Wildman–Crippen MR) is 119 cm³/mol. The minimum atomic E-state index is -0.136. The molecule has 1 atom stereocenters. The van der Waals surface area contributed by atoms with Crippen LogP contribution in [0.2, 0.25) is 0 Å². The third-order valence-electron chi connectivity index (χ3n) is 5.07. The van der Waals surface area contributed by atoms with Crippen LogP contribution in [0.1, 0.15) is 50.9 Å². The lowest BCUT2D eigenvalue weighted by Crippen LogP contribution is -2.37. The van der Waals surface area contributed by atoms with Crippen LogP contribution < -0.4 is 11.1 Å². The molecule has 1 aliphatic heterocycles. The Morgan fingerprint density at radius 1 is 1.17 bits per heavy atom. The number of benzene rings is 1. The van der Waals surface area contributed by atoms with Gasteiger partial charge in [-0.15, -0.1) is 11.8 Å². The largest absolute Gasteiger partial charge is 0.368 e. The summed E-state index contributed by atoms with van der Waals surface area (Å²) in [6.45, 7) is 5.80. The van der Waals surface area contributed by atoms with Crippen LogP contribution >= 0.6 is 11.8 Å². The van der Waals surface area contributed by atoms with Crippen molar-refractivity contribution in [2.75, 3.05) is 24.1 Å². The Labute approximate surface area is 176 Å². The van der Waals surface area contributed by atoms with E-state index in [2.05, 4.69) is 33.3 Å². The van der Waals surface area contributed by atoms with Crippen molar-refractivity contribution in [3.63, 3.8) is 0 Å². The number of aromatic nitrogens is 3. The molecule has 0 bridgehead atoms. The quantitative estimate of drug-likeness (QED) is 0.711. The summed E-state index contributed by atoms with van der Waals surface area (Å²) in [5, 5.41) is 3.11. The van der Waals surface area contributed by atoms with Crippen LogP contribution in [0.3, 0.4) is 0 Å². The van der Waals surface area contributed by atoms with Gasteiger partial charge >= 0.3 is 0 Å². The lowest BCUT2D eigenvalue weighted by molar-refractivity contribution is -0.130. The summed E-state index contributed by atoms with van der Waals surface area (Å²) in [4.78, 5) is 27.7. The number of thioether (sulfide) groups is 1. The third-order valence-corrected chi connectivity index (χ3v) is 6.20. The van der Waals surface area contributed by atoms with Gasteiger partial charge in [0, 0.05) is 18.8 Å². The number of hydrogen-bond acceptors (Lipinski definition) is 7. The van der Waals surface area contributed by atoms with Gasteiger partial charge in [-0.05, 0) is 37.8 Å². The number of aryl methyl sites for hydroxylation is 1. The van der Waals surface area contributed by atoms with Gasteiger partial charge < -0.3 is 16.0 Å². The van der Waals surface area contributed by atoms with Gasteiger partial charge in [0.05, 0.1) is 11.0 Å². The summed E-state index contributed by atoms with van der Waals surface area (Å²) in [5.41, 5.74) is 8.04. The molecule has 3 N–H and O–H groups in total. The van der Waals surface area contributed by atoms with Crippen molar-refractivity contribution in [3.8, 4) is 0 Å². The highest BCUT2D eigenvalue weighted by atomic mass is 32.2. The summed E-state index contributed by atoms with van der Waals surface area (Å²) >= 11 is 1.54. The molecule has 0 saturated carbocycles. The summed E-state index contributed by atoms with van der Waals surface area (Å²) in [5.74, 6) is 1.90. The van der Waals surface area contributed by atoms with Crippen LogP contribution in [0.25, 0.3) is 0 Å². The normalized spacial score (nSPS) is 15.6. The molecule has 7 nitrogen and oxygen atoms in total. The van der Waals surface area contributed by atoms with Gasteiger partial charge in [-0.2, -0.15) is 15.0 Å². The van der Waals surface area contributed by atoms with E-state index in [0.717, 1.165) is 38.0 Å². The summed E-state index contributed by atoms with van der Waals surface area (Å²) in [7, 11) is 0. The topological polar surface area (TPSA) is 97.0 Å². The number of nitrogens with zero attached hydrogens (tertiary/aromatic N) is 4. The Kier molecular flexibility index (Phi) is 7.69. The van der Waals surface area contributed by atoms with Gasteiger partial charge in [-0.1, -0.05) is 38.0 Å². The average Bonchev–Trinajstić information content (AvgIpc) is 3.01. The second-order valence-corrected chi connectivity index (χ2v) is 8.59. The first-order valence-corrected chi connectivity index (χ1v) is 11.4. The maximum Gasteiger partial charge on any atom is 0.235 e. The number of hydrogen-bond donors (Lipinski definition) is 2. The van der Waals surface area contributed by atoms with Gasteiger partial charge in [0.15, 0.2) is 0 Å². The van der Waals surface area contributed by atoms with E-state index < -0.39 is 0 Å².